The number of ether oxygens (including phenoxy) is 1. The van der Waals surface area contributed by atoms with Crippen LogP contribution in [0.15, 0.2) is 36.7 Å². The maximum Gasteiger partial charge on any atom is 0.267 e. The predicted molar refractivity (Wildman–Crippen MR) is 90.9 cm³/mol. The molecule has 24 heavy (non-hydrogen) atoms. The van der Waals surface area contributed by atoms with E-state index in [0.717, 1.165) is 33.2 Å². The molecule has 3 N–H and O–H groups in total. The van der Waals surface area contributed by atoms with E-state index < -0.39 is 5.91 Å². The molecule has 1 amide bonds. The van der Waals surface area contributed by atoms with E-state index in [1.165, 1.54) is 0 Å². The average molecular weight is 321 g/mol. The quantitative estimate of drug-likeness (QED) is 0.604. The Balaban J connectivity index is 2.09. The smallest absolute Gasteiger partial charge is 0.267 e. The van der Waals surface area contributed by atoms with Gasteiger partial charge in [-0.15, -0.1) is 0 Å². The Hall–Kier alpha value is -3.35. The number of nitrogens with one attached hydrogen (secondary N) is 1. The number of hydrogen-bond donors (Lipinski definition) is 2. The third-order valence-corrected chi connectivity index (χ3v) is 4.16. The number of hydrogen-bond acceptors (Lipinski definition) is 4. The summed E-state index contributed by atoms with van der Waals surface area (Å²) in [6, 6.07) is 7.59. The zero-order valence-electron chi connectivity index (χ0n) is 13.2. The topological polar surface area (TPSA) is 98.8 Å². The van der Waals surface area contributed by atoms with E-state index in [1.807, 2.05) is 36.0 Å². The highest BCUT2D eigenvalue weighted by molar-refractivity contribution is 6.06. The number of rotatable bonds is 3. The molecule has 0 aliphatic heterocycles. The summed E-state index contributed by atoms with van der Waals surface area (Å²) in [5.74, 6) is 0.188. The fraction of sp³-hybridized carbons (Fsp3) is 0.118. The number of carbonyl (C=O) groups is 1. The van der Waals surface area contributed by atoms with Crippen molar-refractivity contribution in [2.75, 3.05) is 7.11 Å². The van der Waals surface area contributed by atoms with Gasteiger partial charge in [0.15, 0.2) is 5.65 Å². The van der Waals surface area contributed by atoms with Gasteiger partial charge in [0.05, 0.1) is 13.3 Å². The van der Waals surface area contributed by atoms with Crippen LogP contribution < -0.4 is 10.5 Å². The molecule has 3 aromatic heterocycles. The Bertz CT molecular complexity index is 1090. The monoisotopic (exact) mass is 321 g/mol. The van der Waals surface area contributed by atoms with Crippen molar-refractivity contribution in [3.05, 3.63) is 42.4 Å². The van der Waals surface area contributed by atoms with Crippen LogP contribution in [0.25, 0.3) is 33.1 Å². The van der Waals surface area contributed by atoms with Crippen LogP contribution >= 0.6 is 0 Å². The van der Waals surface area contributed by atoms with Crippen molar-refractivity contribution in [1.29, 1.82) is 0 Å². The molecule has 120 valence electrons. The fourth-order valence-electron chi connectivity index (χ4n) is 2.99. The summed E-state index contributed by atoms with van der Waals surface area (Å²) in [5.41, 5.74) is 9.01. The Labute approximate surface area is 137 Å². The second-order valence-electron chi connectivity index (χ2n) is 5.59. The van der Waals surface area contributed by atoms with E-state index in [1.54, 1.807) is 19.4 Å². The maximum absolute atomic E-state index is 11.6. The van der Waals surface area contributed by atoms with Crippen LogP contribution in [-0.2, 0) is 7.05 Å². The standard InChI is InChI=1S/C17H15N5O2/c1-22-8-13(11-5-9(24-2)3-4-15(11)22)10-6-14(16(18)23)20-17-12(10)7-19-21-17/h3-8H,1-2H3,(H2,18,23)(H,19,20,21). The zero-order chi connectivity index (χ0) is 16.8. The van der Waals surface area contributed by atoms with Gasteiger partial charge in [0.25, 0.3) is 5.91 Å². The molecule has 4 rings (SSSR count). The number of primary amides is 1. The lowest BCUT2D eigenvalue weighted by molar-refractivity contribution is 0.0996. The molecule has 0 bridgehead atoms. The normalized spacial score (nSPS) is 11.2. The molecule has 7 nitrogen and oxygen atoms in total. The average Bonchev–Trinajstić information content (AvgIpc) is 3.18. The van der Waals surface area contributed by atoms with E-state index in [9.17, 15) is 4.79 Å². The first-order valence-electron chi connectivity index (χ1n) is 7.36. The minimum Gasteiger partial charge on any atom is -0.497 e. The van der Waals surface area contributed by atoms with Gasteiger partial charge in [-0.3, -0.25) is 9.89 Å². The van der Waals surface area contributed by atoms with E-state index >= 15 is 0 Å². The summed E-state index contributed by atoms with van der Waals surface area (Å²) in [4.78, 5) is 15.8. The first-order valence-corrected chi connectivity index (χ1v) is 7.36. The number of nitrogens with zero attached hydrogens (tertiary/aromatic N) is 3. The van der Waals surface area contributed by atoms with Crippen LogP contribution in [0, 0.1) is 0 Å². The maximum atomic E-state index is 11.6. The number of aromatic amines is 1. The number of pyridine rings is 1. The third-order valence-electron chi connectivity index (χ3n) is 4.16. The molecule has 0 radical (unpaired) electrons. The van der Waals surface area contributed by atoms with Crippen LogP contribution in [-0.4, -0.2) is 32.8 Å². The first-order chi connectivity index (χ1) is 11.6. The molecule has 4 aromatic rings. The van der Waals surface area contributed by atoms with Crippen molar-refractivity contribution in [2.24, 2.45) is 12.8 Å². The highest BCUT2D eigenvalue weighted by atomic mass is 16.5. The SMILES string of the molecule is COc1ccc2c(c1)c(-c1cc(C(N)=O)nc3[nH]ncc13)cn2C. The van der Waals surface area contributed by atoms with Crippen molar-refractivity contribution in [3.63, 3.8) is 0 Å². The molecule has 0 aliphatic carbocycles. The molecule has 0 aliphatic rings. The van der Waals surface area contributed by atoms with Gasteiger partial charge < -0.3 is 15.0 Å². The number of fused-ring (bicyclic) bond motifs is 2. The minimum atomic E-state index is -0.578. The second-order valence-corrected chi connectivity index (χ2v) is 5.59. The van der Waals surface area contributed by atoms with Crippen molar-refractivity contribution < 1.29 is 9.53 Å². The van der Waals surface area contributed by atoms with Crippen LogP contribution in [0.1, 0.15) is 10.5 Å². The number of aryl methyl sites for hydroxylation is 1. The summed E-state index contributed by atoms with van der Waals surface area (Å²) in [6.45, 7) is 0. The van der Waals surface area contributed by atoms with E-state index in [0.29, 0.717) is 5.65 Å². The molecule has 7 heteroatoms. The number of H-pyrrole nitrogens is 1. The number of aromatic nitrogens is 4. The lowest BCUT2D eigenvalue weighted by atomic mass is 10.0. The van der Waals surface area contributed by atoms with Crippen molar-refractivity contribution >= 4 is 27.8 Å². The summed E-state index contributed by atoms with van der Waals surface area (Å²) in [7, 11) is 3.61. The molecule has 0 saturated heterocycles. The molecule has 3 heterocycles. The van der Waals surface area contributed by atoms with Crippen LogP contribution in [0.5, 0.6) is 5.75 Å². The minimum absolute atomic E-state index is 0.196. The van der Waals surface area contributed by atoms with Gasteiger partial charge in [0, 0.05) is 35.1 Å². The lowest BCUT2D eigenvalue weighted by Gasteiger charge is -2.05. The molecular formula is C17H15N5O2. The number of carbonyl (C=O) groups excluding carboxylic acids is 1. The van der Waals surface area contributed by atoms with Crippen molar-refractivity contribution in [2.45, 2.75) is 0 Å². The Kier molecular flexibility index (Phi) is 3.02. The van der Waals surface area contributed by atoms with Crippen LogP contribution in [0.3, 0.4) is 0 Å². The van der Waals surface area contributed by atoms with E-state index in [2.05, 4.69) is 15.2 Å². The number of methoxy groups -OCH3 is 1. The van der Waals surface area contributed by atoms with Gasteiger partial charge in [0.1, 0.15) is 11.4 Å². The Morgan fingerprint density at radius 3 is 2.83 bits per heavy atom. The highest BCUT2D eigenvalue weighted by Crippen LogP contribution is 2.36. The van der Waals surface area contributed by atoms with Gasteiger partial charge in [-0.1, -0.05) is 0 Å². The largest absolute Gasteiger partial charge is 0.497 e. The van der Waals surface area contributed by atoms with Crippen LogP contribution in [0.4, 0.5) is 0 Å². The summed E-state index contributed by atoms with van der Waals surface area (Å²) in [5, 5.41) is 8.68. The highest BCUT2D eigenvalue weighted by Gasteiger charge is 2.16. The Morgan fingerprint density at radius 2 is 2.08 bits per heavy atom. The predicted octanol–water partition coefficient (Wildman–Crippen LogP) is 2.22. The summed E-state index contributed by atoms with van der Waals surface area (Å²) >= 11 is 0. The summed E-state index contributed by atoms with van der Waals surface area (Å²) < 4.78 is 7.37. The first kappa shape index (κ1) is 14.3. The molecule has 0 unspecified atom stereocenters. The molecule has 1 aromatic carbocycles. The fourth-order valence-corrected chi connectivity index (χ4v) is 2.99. The van der Waals surface area contributed by atoms with Gasteiger partial charge in [-0.2, -0.15) is 5.10 Å². The molecule has 0 atom stereocenters. The van der Waals surface area contributed by atoms with Gasteiger partial charge >= 0.3 is 0 Å². The molecule has 0 spiro atoms. The number of benzene rings is 1. The molecular weight excluding hydrogens is 306 g/mol. The summed E-state index contributed by atoms with van der Waals surface area (Å²) in [6.07, 6.45) is 3.71. The van der Waals surface area contributed by atoms with Gasteiger partial charge in [-0.05, 0) is 29.8 Å². The van der Waals surface area contributed by atoms with Gasteiger partial charge in [-0.25, -0.2) is 4.98 Å². The Morgan fingerprint density at radius 1 is 1.25 bits per heavy atom. The van der Waals surface area contributed by atoms with Crippen molar-refractivity contribution in [1.82, 2.24) is 19.7 Å². The number of amides is 1. The zero-order valence-corrected chi connectivity index (χ0v) is 13.2. The number of nitrogens with two attached hydrogens (primary N) is 1. The molecule has 0 saturated carbocycles. The van der Waals surface area contributed by atoms with Crippen molar-refractivity contribution in [3.8, 4) is 16.9 Å². The third kappa shape index (κ3) is 2.02. The van der Waals surface area contributed by atoms with E-state index in [-0.39, 0.29) is 5.69 Å². The van der Waals surface area contributed by atoms with E-state index in [4.69, 9.17) is 10.5 Å². The lowest BCUT2D eigenvalue weighted by Crippen LogP contribution is -2.13. The second kappa shape index (κ2) is 5.09. The van der Waals surface area contributed by atoms with Gasteiger partial charge in [0.2, 0.25) is 0 Å². The molecule has 0 fully saturated rings. The van der Waals surface area contributed by atoms with Crippen LogP contribution in [0.2, 0.25) is 0 Å².